The number of benzene rings is 1. The number of rotatable bonds is 22. The molecule has 5 heteroatoms. The Labute approximate surface area is 220 Å². The number of unbranched alkanes of at least 4 members (excludes halogenated alkanes) is 12. The zero-order valence-electron chi connectivity index (χ0n) is 22.9. The molecule has 1 heterocycles. The third-order valence-corrected chi connectivity index (χ3v) is 6.81. The second-order valence-electron chi connectivity index (χ2n) is 10.2. The summed E-state index contributed by atoms with van der Waals surface area (Å²) in [6.45, 7) is 4.10. The Morgan fingerprint density at radius 1 is 0.861 bits per heavy atom. The highest BCUT2D eigenvalue weighted by Crippen LogP contribution is 2.17. The average molecular weight is 505 g/mol. The van der Waals surface area contributed by atoms with E-state index < -0.39 is 0 Å². The molecule has 0 spiro atoms. The second-order valence-corrected chi connectivity index (χ2v) is 10.2. The first-order chi connectivity index (χ1) is 17.8. The summed E-state index contributed by atoms with van der Waals surface area (Å²) in [7, 11) is 0. The Morgan fingerprint density at radius 3 is 2.11 bits per heavy atom. The van der Waals surface area contributed by atoms with Crippen molar-refractivity contribution < 1.29 is 23.7 Å². The molecule has 0 radical (unpaired) electrons. The van der Waals surface area contributed by atoms with Crippen LogP contribution in [0.2, 0.25) is 0 Å². The van der Waals surface area contributed by atoms with Crippen LogP contribution in [0.3, 0.4) is 0 Å². The lowest BCUT2D eigenvalue weighted by molar-refractivity contribution is -0.209. The number of carbonyl (C=O) groups excluding carboxylic acids is 1. The first-order valence-corrected chi connectivity index (χ1v) is 14.8. The minimum absolute atomic E-state index is 0.140. The van der Waals surface area contributed by atoms with Crippen molar-refractivity contribution in [1.82, 2.24) is 0 Å². The Bertz CT molecular complexity index is 629. The van der Waals surface area contributed by atoms with Crippen molar-refractivity contribution in [3.8, 4) is 0 Å². The van der Waals surface area contributed by atoms with Gasteiger partial charge in [0.1, 0.15) is 12.7 Å². The van der Waals surface area contributed by atoms with Crippen molar-refractivity contribution in [3.63, 3.8) is 0 Å². The average Bonchev–Trinajstić information content (AvgIpc) is 2.91. The third kappa shape index (κ3) is 16.3. The molecule has 1 aliphatic heterocycles. The van der Waals surface area contributed by atoms with Gasteiger partial charge >= 0.3 is 5.97 Å². The van der Waals surface area contributed by atoms with Gasteiger partial charge in [0, 0.05) is 13.0 Å². The zero-order valence-corrected chi connectivity index (χ0v) is 22.9. The van der Waals surface area contributed by atoms with Gasteiger partial charge in [-0.05, 0) is 31.2 Å². The van der Waals surface area contributed by atoms with Gasteiger partial charge in [0.15, 0.2) is 6.29 Å². The van der Waals surface area contributed by atoms with Crippen LogP contribution in [0.25, 0.3) is 0 Å². The topological polar surface area (TPSA) is 54.0 Å². The SMILES string of the molecule is CCCCCCCCCCCCCCCC(=O)OC[C@H](COCc1ccccc1)OC1CCCCO1. The summed E-state index contributed by atoms with van der Waals surface area (Å²) in [5, 5.41) is 0. The Balaban J connectivity index is 1.51. The molecule has 2 atom stereocenters. The van der Waals surface area contributed by atoms with Crippen LogP contribution in [-0.4, -0.2) is 38.2 Å². The summed E-state index contributed by atoms with van der Waals surface area (Å²) in [6, 6.07) is 10.1. The highest BCUT2D eigenvalue weighted by Gasteiger charge is 2.21. The van der Waals surface area contributed by atoms with Crippen LogP contribution < -0.4 is 0 Å². The molecule has 2 rings (SSSR count). The van der Waals surface area contributed by atoms with Gasteiger partial charge in [-0.15, -0.1) is 0 Å². The quantitative estimate of drug-likeness (QED) is 0.118. The van der Waals surface area contributed by atoms with E-state index in [1.54, 1.807) is 0 Å². The van der Waals surface area contributed by atoms with Gasteiger partial charge in [-0.2, -0.15) is 0 Å². The number of carbonyl (C=O) groups is 1. The predicted molar refractivity (Wildman–Crippen MR) is 146 cm³/mol. The molecular formula is C31H52O5. The smallest absolute Gasteiger partial charge is 0.305 e. The maximum atomic E-state index is 12.3. The first kappa shape index (κ1) is 30.8. The lowest BCUT2D eigenvalue weighted by Crippen LogP contribution is -2.34. The molecule has 36 heavy (non-hydrogen) atoms. The van der Waals surface area contributed by atoms with Crippen LogP contribution >= 0.6 is 0 Å². The molecule has 0 aromatic heterocycles. The number of hydrogen-bond acceptors (Lipinski definition) is 5. The molecular weight excluding hydrogens is 452 g/mol. The Morgan fingerprint density at radius 2 is 1.50 bits per heavy atom. The van der Waals surface area contributed by atoms with Gasteiger partial charge in [-0.1, -0.05) is 114 Å². The van der Waals surface area contributed by atoms with Crippen molar-refractivity contribution in [2.45, 2.75) is 135 Å². The van der Waals surface area contributed by atoms with E-state index in [4.69, 9.17) is 18.9 Å². The van der Waals surface area contributed by atoms with Gasteiger partial charge in [0.2, 0.25) is 0 Å². The first-order valence-electron chi connectivity index (χ1n) is 14.8. The van der Waals surface area contributed by atoms with Gasteiger partial charge in [-0.25, -0.2) is 0 Å². The molecule has 0 aliphatic carbocycles. The van der Waals surface area contributed by atoms with Crippen molar-refractivity contribution >= 4 is 5.97 Å². The van der Waals surface area contributed by atoms with E-state index in [0.717, 1.165) is 44.3 Å². The second kappa shape index (κ2) is 21.6. The molecule has 0 N–H and O–H groups in total. The van der Waals surface area contributed by atoms with Gasteiger partial charge in [0.05, 0.1) is 13.2 Å². The third-order valence-electron chi connectivity index (χ3n) is 6.81. The van der Waals surface area contributed by atoms with E-state index >= 15 is 0 Å². The monoisotopic (exact) mass is 504 g/mol. The van der Waals surface area contributed by atoms with Crippen LogP contribution in [-0.2, 0) is 30.3 Å². The maximum absolute atomic E-state index is 12.3. The normalized spacial score (nSPS) is 16.6. The number of ether oxygens (including phenoxy) is 4. The minimum Gasteiger partial charge on any atom is -0.463 e. The molecule has 5 nitrogen and oxygen atoms in total. The van der Waals surface area contributed by atoms with E-state index in [1.807, 2.05) is 30.3 Å². The summed E-state index contributed by atoms with van der Waals surface area (Å²) < 4.78 is 23.2. The molecule has 0 amide bonds. The number of hydrogen-bond donors (Lipinski definition) is 0. The van der Waals surface area contributed by atoms with Crippen LogP contribution in [0.15, 0.2) is 30.3 Å². The van der Waals surface area contributed by atoms with Crippen LogP contribution in [0, 0.1) is 0 Å². The molecule has 1 unspecified atom stereocenters. The van der Waals surface area contributed by atoms with Crippen LogP contribution in [0.1, 0.15) is 122 Å². The van der Waals surface area contributed by atoms with E-state index in [0.29, 0.717) is 19.6 Å². The summed E-state index contributed by atoms with van der Waals surface area (Å²) >= 11 is 0. The van der Waals surface area contributed by atoms with Crippen molar-refractivity contribution in [2.24, 2.45) is 0 Å². The highest BCUT2D eigenvalue weighted by atomic mass is 16.7. The predicted octanol–water partition coefficient (Wildman–Crippen LogP) is 8.14. The molecule has 1 aromatic carbocycles. The fourth-order valence-electron chi connectivity index (χ4n) is 4.59. The summed E-state index contributed by atoms with van der Waals surface area (Å²) in [5.41, 5.74) is 1.12. The fraction of sp³-hybridized carbons (Fsp3) is 0.774. The van der Waals surface area contributed by atoms with E-state index in [2.05, 4.69) is 6.92 Å². The molecule has 0 bridgehead atoms. The van der Waals surface area contributed by atoms with Gasteiger partial charge in [0.25, 0.3) is 0 Å². The highest BCUT2D eigenvalue weighted by molar-refractivity contribution is 5.69. The van der Waals surface area contributed by atoms with Crippen molar-refractivity contribution in [2.75, 3.05) is 19.8 Å². The molecule has 1 aromatic rings. The summed E-state index contributed by atoms with van der Waals surface area (Å²) in [5.74, 6) is -0.140. The molecule has 206 valence electrons. The lowest BCUT2D eigenvalue weighted by Gasteiger charge is -2.27. The number of esters is 1. The summed E-state index contributed by atoms with van der Waals surface area (Å²) in [6.07, 6.45) is 19.9. The molecule has 0 saturated carbocycles. The zero-order chi connectivity index (χ0) is 25.5. The lowest BCUT2D eigenvalue weighted by atomic mass is 10.0. The molecule has 1 aliphatic rings. The van der Waals surface area contributed by atoms with E-state index in [9.17, 15) is 4.79 Å². The fourth-order valence-corrected chi connectivity index (χ4v) is 4.59. The standard InChI is InChI=1S/C31H52O5/c1-2-3-4-5-6-7-8-9-10-11-12-13-17-22-30(32)35-27-29(36-31-23-18-19-24-34-31)26-33-25-28-20-15-14-16-21-28/h14-16,20-21,29,31H,2-13,17-19,22-27H2,1H3/t29-,31?/m0/s1. The van der Waals surface area contributed by atoms with Gasteiger partial charge in [-0.3, -0.25) is 4.79 Å². The van der Waals surface area contributed by atoms with Crippen molar-refractivity contribution in [1.29, 1.82) is 0 Å². The van der Waals surface area contributed by atoms with Crippen LogP contribution in [0.5, 0.6) is 0 Å². The Hall–Kier alpha value is -1.43. The molecule has 1 saturated heterocycles. The maximum Gasteiger partial charge on any atom is 0.305 e. The van der Waals surface area contributed by atoms with Crippen LogP contribution in [0.4, 0.5) is 0 Å². The largest absolute Gasteiger partial charge is 0.463 e. The Kier molecular flexibility index (Phi) is 18.5. The summed E-state index contributed by atoms with van der Waals surface area (Å²) in [4.78, 5) is 12.3. The van der Waals surface area contributed by atoms with Crippen molar-refractivity contribution in [3.05, 3.63) is 35.9 Å². The minimum atomic E-state index is -0.313. The van der Waals surface area contributed by atoms with E-state index in [-0.39, 0.29) is 25.0 Å². The van der Waals surface area contributed by atoms with Gasteiger partial charge < -0.3 is 18.9 Å². The molecule has 1 fully saturated rings. The van der Waals surface area contributed by atoms with E-state index in [1.165, 1.54) is 70.6 Å².